The Morgan fingerprint density at radius 1 is 0.667 bits per heavy atom. The van der Waals surface area contributed by atoms with Gasteiger partial charge in [0.1, 0.15) is 0 Å². The molecule has 0 aromatic rings. The van der Waals surface area contributed by atoms with Crippen molar-refractivity contribution in [3.05, 3.63) is 24.3 Å². The van der Waals surface area contributed by atoms with Crippen molar-refractivity contribution in [2.24, 2.45) is 11.8 Å². The number of allylic oxidation sites excluding steroid dienone is 2. The summed E-state index contributed by atoms with van der Waals surface area (Å²) in [5.41, 5.74) is 0. The van der Waals surface area contributed by atoms with Crippen LogP contribution in [-0.4, -0.2) is 74.2 Å². The molecule has 2 saturated heterocycles. The molecule has 0 radical (unpaired) electrons. The molecule has 0 spiro atoms. The van der Waals surface area contributed by atoms with E-state index in [1.807, 2.05) is 36.0 Å². The molecule has 6 heteroatoms. The predicted molar refractivity (Wildman–Crippen MR) is 117 cm³/mol. The molecule has 6 nitrogen and oxygen atoms in total. The number of hydrogen-bond acceptors (Lipinski definition) is 4. The first-order valence-electron chi connectivity index (χ1n) is 11.6. The molecule has 3 aliphatic rings. The Kier molecular flexibility index (Phi) is 8.94. The maximum Gasteiger partial charge on any atom is 0.246 e. The Labute approximate surface area is 181 Å². The predicted octanol–water partition coefficient (Wildman–Crippen LogP) is 3.18. The van der Waals surface area contributed by atoms with Crippen LogP contribution in [0.3, 0.4) is 0 Å². The molecule has 3 fully saturated rings. The molecule has 0 N–H and O–H groups in total. The molecule has 1 saturated carbocycles. The average molecular weight is 419 g/mol. The zero-order valence-electron chi connectivity index (χ0n) is 18.6. The monoisotopic (exact) mass is 418 g/mol. The molecule has 2 atom stereocenters. The van der Waals surface area contributed by atoms with E-state index in [2.05, 4.69) is 0 Å². The third-order valence-corrected chi connectivity index (χ3v) is 6.94. The summed E-state index contributed by atoms with van der Waals surface area (Å²) in [6.45, 7) is 3.10. The minimum Gasteiger partial charge on any atom is -0.381 e. The summed E-state index contributed by atoms with van der Waals surface area (Å²) in [5, 5.41) is 0. The summed E-state index contributed by atoms with van der Waals surface area (Å²) in [5.74, 6) is 0.935. The zero-order valence-corrected chi connectivity index (χ0v) is 18.6. The summed E-state index contributed by atoms with van der Waals surface area (Å²) >= 11 is 0. The van der Waals surface area contributed by atoms with Crippen LogP contribution in [-0.2, 0) is 19.1 Å². The van der Waals surface area contributed by atoms with E-state index in [1.165, 1.54) is 0 Å². The highest BCUT2D eigenvalue weighted by Crippen LogP contribution is 2.27. The van der Waals surface area contributed by atoms with E-state index in [0.29, 0.717) is 11.8 Å². The van der Waals surface area contributed by atoms with E-state index < -0.39 is 0 Å². The molecule has 0 aromatic heterocycles. The van der Waals surface area contributed by atoms with Gasteiger partial charge in [0.05, 0.1) is 12.1 Å². The Hall–Kier alpha value is -1.66. The van der Waals surface area contributed by atoms with Crippen molar-refractivity contribution in [1.82, 2.24) is 9.80 Å². The van der Waals surface area contributed by atoms with Crippen molar-refractivity contribution < 1.29 is 19.1 Å². The molecular weight excluding hydrogens is 380 g/mol. The molecule has 2 heterocycles. The highest BCUT2D eigenvalue weighted by Gasteiger charge is 2.34. The maximum absolute atomic E-state index is 12.8. The molecule has 3 rings (SSSR count). The normalized spacial score (nSPS) is 26.9. The van der Waals surface area contributed by atoms with Crippen LogP contribution in [0.1, 0.15) is 51.4 Å². The average Bonchev–Trinajstić information content (AvgIpc) is 2.81. The first-order valence-corrected chi connectivity index (χ1v) is 11.6. The van der Waals surface area contributed by atoms with Crippen molar-refractivity contribution >= 4 is 11.8 Å². The third-order valence-electron chi connectivity index (χ3n) is 6.94. The van der Waals surface area contributed by atoms with Crippen LogP contribution in [0.5, 0.6) is 0 Å². The van der Waals surface area contributed by atoms with Crippen LogP contribution < -0.4 is 0 Å². The van der Waals surface area contributed by atoms with Gasteiger partial charge in [-0.2, -0.15) is 0 Å². The molecule has 168 valence electrons. The van der Waals surface area contributed by atoms with Crippen LogP contribution in [0.4, 0.5) is 0 Å². The summed E-state index contributed by atoms with van der Waals surface area (Å²) in [7, 11) is 3.77. The fourth-order valence-corrected chi connectivity index (χ4v) is 4.81. The van der Waals surface area contributed by atoms with E-state index in [4.69, 9.17) is 9.47 Å². The maximum atomic E-state index is 12.8. The van der Waals surface area contributed by atoms with Crippen LogP contribution >= 0.6 is 0 Å². The van der Waals surface area contributed by atoms with Gasteiger partial charge >= 0.3 is 0 Å². The number of hydrogen-bond donors (Lipinski definition) is 0. The zero-order chi connectivity index (χ0) is 21.3. The standard InChI is InChI=1S/C24H38N2O4/c1-25(23(27)9-7-19-11-15-29-16-12-19)21-5-3-4-6-22(21)26(2)24(28)10-8-20-13-17-30-18-14-20/h7-10,19-22H,3-6,11-18H2,1-2H3/b9-7+,10-8+. The second-order valence-electron chi connectivity index (χ2n) is 8.94. The number of ether oxygens (including phenoxy) is 2. The largest absolute Gasteiger partial charge is 0.381 e. The van der Waals surface area contributed by atoms with Crippen LogP contribution in [0.15, 0.2) is 24.3 Å². The number of rotatable bonds is 6. The first kappa shape index (κ1) is 23.0. The van der Waals surface area contributed by atoms with Gasteiger partial charge in [-0.25, -0.2) is 0 Å². The topological polar surface area (TPSA) is 59.1 Å². The highest BCUT2D eigenvalue weighted by molar-refractivity contribution is 5.89. The Balaban J connectivity index is 1.58. The van der Waals surface area contributed by atoms with Gasteiger partial charge in [-0.05, 0) is 62.5 Å². The highest BCUT2D eigenvalue weighted by atomic mass is 16.5. The number of carbonyl (C=O) groups excluding carboxylic acids is 2. The smallest absolute Gasteiger partial charge is 0.246 e. The SMILES string of the molecule is CN(C(=O)/C=C/C1CCOCC1)C1CCCCC1N(C)C(=O)/C=C/C1CCOCC1. The number of amides is 2. The number of nitrogens with zero attached hydrogens (tertiary/aromatic N) is 2. The Morgan fingerprint density at radius 2 is 1.03 bits per heavy atom. The Bertz CT molecular complexity index is 567. The van der Waals surface area contributed by atoms with Crippen molar-refractivity contribution in [1.29, 1.82) is 0 Å². The second-order valence-corrected chi connectivity index (χ2v) is 8.94. The van der Waals surface area contributed by atoms with Crippen LogP contribution in [0.25, 0.3) is 0 Å². The second kappa shape index (κ2) is 11.7. The van der Waals surface area contributed by atoms with E-state index in [1.54, 1.807) is 12.2 Å². The van der Waals surface area contributed by atoms with Gasteiger partial charge in [0.15, 0.2) is 0 Å². The molecule has 30 heavy (non-hydrogen) atoms. The van der Waals surface area contributed by atoms with E-state index in [9.17, 15) is 9.59 Å². The molecular formula is C24H38N2O4. The molecule has 2 aliphatic heterocycles. The lowest BCUT2D eigenvalue weighted by Crippen LogP contribution is -2.53. The molecule has 0 aromatic carbocycles. The number of carbonyl (C=O) groups is 2. The lowest BCUT2D eigenvalue weighted by Gasteiger charge is -2.42. The quantitative estimate of drug-likeness (QED) is 0.622. The molecule has 1 aliphatic carbocycles. The van der Waals surface area contributed by atoms with Crippen molar-refractivity contribution in [2.75, 3.05) is 40.5 Å². The fraction of sp³-hybridized carbons (Fsp3) is 0.750. The van der Waals surface area contributed by atoms with Gasteiger partial charge in [0.25, 0.3) is 0 Å². The summed E-state index contributed by atoms with van der Waals surface area (Å²) < 4.78 is 10.8. The van der Waals surface area contributed by atoms with Gasteiger partial charge in [0.2, 0.25) is 11.8 Å². The van der Waals surface area contributed by atoms with Crippen molar-refractivity contribution in [3.63, 3.8) is 0 Å². The fourth-order valence-electron chi connectivity index (χ4n) is 4.81. The first-order chi connectivity index (χ1) is 14.6. The third kappa shape index (κ3) is 6.42. The lowest BCUT2D eigenvalue weighted by atomic mass is 9.88. The summed E-state index contributed by atoms with van der Waals surface area (Å²) in [6.07, 6.45) is 15.6. The summed E-state index contributed by atoms with van der Waals surface area (Å²) in [4.78, 5) is 29.4. The van der Waals surface area contributed by atoms with Gasteiger partial charge < -0.3 is 19.3 Å². The summed E-state index contributed by atoms with van der Waals surface area (Å²) in [6, 6.07) is 0.132. The number of likely N-dealkylation sites (N-methyl/N-ethyl adjacent to an activating group) is 2. The van der Waals surface area contributed by atoms with Crippen LogP contribution in [0.2, 0.25) is 0 Å². The minimum absolute atomic E-state index is 0.0389. The lowest BCUT2D eigenvalue weighted by molar-refractivity contribution is -0.134. The van der Waals surface area contributed by atoms with E-state index in [-0.39, 0.29) is 23.9 Å². The van der Waals surface area contributed by atoms with E-state index >= 15 is 0 Å². The minimum atomic E-state index is 0.0389. The van der Waals surface area contributed by atoms with Gasteiger partial charge in [-0.3, -0.25) is 9.59 Å². The molecule has 2 unspecified atom stereocenters. The van der Waals surface area contributed by atoms with Crippen LogP contribution in [0, 0.1) is 11.8 Å². The van der Waals surface area contributed by atoms with Gasteiger partial charge in [0, 0.05) is 40.5 Å². The molecule has 2 amide bonds. The Morgan fingerprint density at radius 3 is 1.40 bits per heavy atom. The van der Waals surface area contributed by atoms with Crippen molar-refractivity contribution in [2.45, 2.75) is 63.5 Å². The van der Waals surface area contributed by atoms with E-state index in [0.717, 1.165) is 77.8 Å². The van der Waals surface area contributed by atoms with Gasteiger partial charge in [-0.1, -0.05) is 25.0 Å². The molecule has 0 bridgehead atoms. The van der Waals surface area contributed by atoms with Gasteiger partial charge in [-0.15, -0.1) is 0 Å². The van der Waals surface area contributed by atoms with Crippen molar-refractivity contribution in [3.8, 4) is 0 Å².